The van der Waals surface area contributed by atoms with E-state index in [2.05, 4.69) is 5.32 Å². The number of ether oxygens (including phenoxy) is 2. The first-order valence-corrected chi connectivity index (χ1v) is 12.3. The number of nitrogens with zero attached hydrogens (tertiary/aromatic N) is 1. The van der Waals surface area contributed by atoms with Crippen molar-refractivity contribution in [1.82, 2.24) is 5.32 Å². The van der Waals surface area contributed by atoms with Gasteiger partial charge in [0.05, 0.1) is 24.7 Å². The maximum absolute atomic E-state index is 12.4. The molecule has 2 aromatic rings. The van der Waals surface area contributed by atoms with E-state index in [-0.39, 0.29) is 18.6 Å². The summed E-state index contributed by atoms with van der Waals surface area (Å²) in [7, 11) is -3.64. The molecule has 8 heteroatoms. The number of rotatable bonds is 12. The summed E-state index contributed by atoms with van der Waals surface area (Å²) >= 11 is 0. The van der Waals surface area contributed by atoms with Crippen molar-refractivity contribution in [2.24, 2.45) is 0 Å². The molecule has 2 aromatic carbocycles. The van der Waals surface area contributed by atoms with Crippen LogP contribution in [0.4, 0.5) is 5.69 Å². The standard InChI is InChI=1S/C23H32N2O5S/c1-5-29-21-13-11-19(12-14-21)8-7-15-24-23(26)17-25(31(4,27)28)20-9-6-10-22(16-20)30-18(2)3/h6,9-14,16,18H,5,7-8,15,17H2,1-4H3,(H,24,26). The van der Waals surface area contributed by atoms with Crippen molar-refractivity contribution in [1.29, 1.82) is 0 Å². The van der Waals surface area contributed by atoms with Crippen LogP contribution >= 0.6 is 0 Å². The minimum absolute atomic E-state index is 0.0411. The molecule has 0 atom stereocenters. The van der Waals surface area contributed by atoms with Crippen LogP contribution < -0.4 is 19.1 Å². The second-order valence-corrected chi connectivity index (χ2v) is 9.37. The summed E-state index contributed by atoms with van der Waals surface area (Å²) in [5.74, 6) is 1.03. The van der Waals surface area contributed by atoms with Gasteiger partial charge in [-0.1, -0.05) is 18.2 Å². The molecule has 0 saturated heterocycles. The molecule has 1 amide bonds. The summed E-state index contributed by atoms with van der Waals surface area (Å²) in [6.45, 7) is 6.53. The number of hydrogen-bond acceptors (Lipinski definition) is 5. The Morgan fingerprint density at radius 1 is 1.10 bits per heavy atom. The van der Waals surface area contributed by atoms with Crippen LogP contribution in [0.5, 0.6) is 11.5 Å². The van der Waals surface area contributed by atoms with Crippen LogP contribution in [0.3, 0.4) is 0 Å². The number of carbonyl (C=O) groups excluding carboxylic acids is 1. The molecule has 0 radical (unpaired) electrons. The summed E-state index contributed by atoms with van der Waals surface area (Å²) in [5, 5.41) is 2.80. The first-order valence-electron chi connectivity index (χ1n) is 10.4. The Bertz CT molecular complexity index is 943. The Balaban J connectivity index is 1.90. The first-order chi connectivity index (χ1) is 14.7. The number of anilines is 1. The third-order valence-corrected chi connectivity index (χ3v) is 5.50. The number of sulfonamides is 1. The van der Waals surface area contributed by atoms with Crippen LogP contribution in [0.15, 0.2) is 48.5 Å². The highest BCUT2D eigenvalue weighted by atomic mass is 32.2. The Morgan fingerprint density at radius 2 is 1.81 bits per heavy atom. The van der Waals surface area contributed by atoms with Crippen molar-refractivity contribution in [3.05, 3.63) is 54.1 Å². The zero-order valence-corrected chi connectivity index (χ0v) is 19.4. The number of nitrogens with one attached hydrogen (secondary N) is 1. The second-order valence-electron chi connectivity index (χ2n) is 7.46. The van der Waals surface area contributed by atoms with E-state index in [1.807, 2.05) is 45.0 Å². The molecule has 0 spiro atoms. The van der Waals surface area contributed by atoms with Gasteiger partial charge < -0.3 is 14.8 Å². The van der Waals surface area contributed by atoms with E-state index < -0.39 is 10.0 Å². The average Bonchev–Trinajstić information content (AvgIpc) is 2.70. The van der Waals surface area contributed by atoms with Crippen LogP contribution in [0, 0.1) is 0 Å². The molecule has 0 saturated carbocycles. The lowest BCUT2D eigenvalue weighted by molar-refractivity contribution is -0.119. The van der Waals surface area contributed by atoms with Gasteiger partial charge in [-0.15, -0.1) is 0 Å². The number of carbonyl (C=O) groups is 1. The molecule has 0 aliphatic carbocycles. The van der Waals surface area contributed by atoms with Gasteiger partial charge in [0.2, 0.25) is 15.9 Å². The van der Waals surface area contributed by atoms with Gasteiger partial charge >= 0.3 is 0 Å². The number of aryl methyl sites for hydroxylation is 1. The van der Waals surface area contributed by atoms with Gasteiger partial charge in [-0.2, -0.15) is 0 Å². The molecular weight excluding hydrogens is 416 g/mol. The monoisotopic (exact) mass is 448 g/mol. The molecule has 0 bridgehead atoms. The van der Waals surface area contributed by atoms with Gasteiger partial charge in [0.25, 0.3) is 0 Å². The van der Waals surface area contributed by atoms with Crippen molar-refractivity contribution in [2.45, 2.75) is 39.7 Å². The molecule has 2 rings (SSSR count). The molecule has 0 aliphatic heterocycles. The molecule has 170 valence electrons. The summed E-state index contributed by atoms with van der Waals surface area (Å²) in [6.07, 6.45) is 2.59. The third kappa shape index (κ3) is 8.49. The molecule has 0 fully saturated rings. The summed E-state index contributed by atoms with van der Waals surface area (Å²) in [4.78, 5) is 12.4. The first kappa shape index (κ1) is 24.5. The van der Waals surface area contributed by atoms with E-state index >= 15 is 0 Å². The van der Waals surface area contributed by atoms with E-state index in [9.17, 15) is 13.2 Å². The minimum atomic E-state index is -3.64. The zero-order valence-electron chi connectivity index (χ0n) is 18.6. The van der Waals surface area contributed by atoms with E-state index in [0.29, 0.717) is 24.6 Å². The molecule has 0 heterocycles. The SMILES string of the molecule is CCOc1ccc(CCCNC(=O)CN(c2cccc(OC(C)C)c2)S(C)(=O)=O)cc1. The van der Waals surface area contributed by atoms with E-state index in [1.54, 1.807) is 24.3 Å². The second kappa shape index (κ2) is 11.6. The quantitative estimate of drug-likeness (QED) is 0.503. The predicted octanol–water partition coefficient (Wildman–Crippen LogP) is 3.39. The van der Waals surface area contributed by atoms with Crippen LogP contribution in [0.2, 0.25) is 0 Å². The molecule has 1 N–H and O–H groups in total. The lowest BCUT2D eigenvalue weighted by Crippen LogP contribution is -2.40. The number of amides is 1. The van der Waals surface area contributed by atoms with Crippen LogP contribution in [-0.2, 0) is 21.2 Å². The van der Waals surface area contributed by atoms with Crippen molar-refractivity contribution >= 4 is 21.6 Å². The van der Waals surface area contributed by atoms with Crippen molar-refractivity contribution in [2.75, 3.05) is 30.3 Å². The normalized spacial score (nSPS) is 11.3. The Morgan fingerprint density at radius 3 is 2.42 bits per heavy atom. The van der Waals surface area contributed by atoms with E-state index in [0.717, 1.165) is 34.7 Å². The molecule has 0 aromatic heterocycles. The van der Waals surface area contributed by atoms with Gasteiger partial charge in [0.1, 0.15) is 18.0 Å². The van der Waals surface area contributed by atoms with E-state index in [4.69, 9.17) is 9.47 Å². The third-order valence-electron chi connectivity index (χ3n) is 4.36. The fraction of sp³-hybridized carbons (Fsp3) is 0.435. The van der Waals surface area contributed by atoms with Gasteiger partial charge in [-0.05, 0) is 63.4 Å². The average molecular weight is 449 g/mol. The van der Waals surface area contributed by atoms with Gasteiger partial charge in [-0.3, -0.25) is 9.10 Å². The van der Waals surface area contributed by atoms with Crippen molar-refractivity contribution in [3.8, 4) is 11.5 Å². The van der Waals surface area contributed by atoms with Crippen LogP contribution in [0.1, 0.15) is 32.8 Å². The summed E-state index contributed by atoms with van der Waals surface area (Å²) in [6, 6.07) is 14.6. The highest BCUT2D eigenvalue weighted by Crippen LogP contribution is 2.24. The molecule has 31 heavy (non-hydrogen) atoms. The minimum Gasteiger partial charge on any atom is -0.494 e. The summed E-state index contributed by atoms with van der Waals surface area (Å²) < 4.78 is 36.7. The zero-order chi connectivity index (χ0) is 22.9. The molecular formula is C23H32N2O5S. The lowest BCUT2D eigenvalue weighted by atomic mass is 10.1. The lowest BCUT2D eigenvalue weighted by Gasteiger charge is -2.22. The number of benzene rings is 2. The summed E-state index contributed by atoms with van der Waals surface area (Å²) in [5.41, 5.74) is 1.54. The fourth-order valence-corrected chi connectivity index (χ4v) is 3.86. The predicted molar refractivity (Wildman–Crippen MR) is 123 cm³/mol. The van der Waals surface area contributed by atoms with Crippen LogP contribution in [0.25, 0.3) is 0 Å². The Kier molecular flexibility index (Phi) is 9.18. The Hall–Kier alpha value is -2.74. The highest BCUT2D eigenvalue weighted by molar-refractivity contribution is 7.92. The molecule has 0 unspecified atom stereocenters. The highest BCUT2D eigenvalue weighted by Gasteiger charge is 2.21. The fourth-order valence-electron chi connectivity index (χ4n) is 3.01. The smallest absolute Gasteiger partial charge is 0.240 e. The van der Waals surface area contributed by atoms with Gasteiger partial charge in [0.15, 0.2) is 0 Å². The van der Waals surface area contributed by atoms with Gasteiger partial charge in [-0.25, -0.2) is 8.42 Å². The van der Waals surface area contributed by atoms with Crippen molar-refractivity contribution < 1.29 is 22.7 Å². The molecule has 0 aliphatic rings. The maximum atomic E-state index is 12.4. The largest absolute Gasteiger partial charge is 0.494 e. The molecule has 7 nitrogen and oxygen atoms in total. The maximum Gasteiger partial charge on any atom is 0.240 e. The number of hydrogen-bond donors (Lipinski definition) is 1. The van der Waals surface area contributed by atoms with E-state index in [1.165, 1.54) is 0 Å². The van der Waals surface area contributed by atoms with Crippen LogP contribution in [-0.4, -0.2) is 46.4 Å². The Labute approximate surface area is 185 Å². The topological polar surface area (TPSA) is 84.9 Å². The van der Waals surface area contributed by atoms with Gasteiger partial charge in [0, 0.05) is 12.6 Å². The van der Waals surface area contributed by atoms with Crippen molar-refractivity contribution in [3.63, 3.8) is 0 Å².